The van der Waals surface area contributed by atoms with E-state index >= 15 is 0 Å². The molecule has 0 aliphatic carbocycles. The smallest absolute Gasteiger partial charge is 0.137 e. The highest BCUT2D eigenvalue weighted by molar-refractivity contribution is 8.17. The van der Waals surface area contributed by atoms with Crippen LogP contribution in [0.3, 0.4) is 0 Å². The molecule has 0 bridgehead atoms. The molecule has 1 saturated heterocycles. The number of carbonyl (C=O) groups is 1. The van der Waals surface area contributed by atoms with E-state index in [1.54, 1.807) is 6.92 Å². The summed E-state index contributed by atoms with van der Waals surface area (Å²) in [5, 5.41) is 0. The van der Waals surface area contributed by atoms with Crippen LogP contribution in [-0.2, 0) is 4.79 Å². The van der Waals surface area contributed by atoms with Gasteiger partial charge >= 0.3 is 0 Å². The molecular weight excluding hydrogens is 188 g/mol. The third-order valence-electron chi connectivity index (χ3n) is 2.32. The quantitative estimate of drug-likeness (QED) is 0.688. The van der Waals surface area contributed by atoms with Crippen LogP contribution in [0.25, 0.3) is 0 Å². The number of hydrogen-bond acceptors (Lipinski definition) is 3. The Morgan fingerprint density at radius 3 is 2.25 bits per heavy atom. The van der Waals surface area contributed by atoms with Crippen molar-refractivity contribution in [2.45, 2.75) is 31.8 Å². The van der Waals surface area contributed by atoms with Gasteiger partial charge in [0.1, 0.15) is 5.78 Å². The zero-order valence-corrected chi connectivity index (χ0v) is 9.56. The molecule has 12 heavy (non-hydrogen) atoms. The highest BCUT2D eigenvalue weighted by Crippen LogP contribution is 2.42. The van der Waals surface area contributed by atoms with Gasteiger partial charge in [0.2, 0.25) is 0 Å². The lowest BCUT2D eigenvalue weighted by molar-refractivity contribution is -0.124. The SMILES string of the molecule is CC(=O)C(C)(C)C1SCCCS1. The number of thioether (sulfide) groups is 2. The molecule has 1 rings (SSSR count). The van der Waals surface area contributed by atoms with E-state index in [-0.39, 0.29) is 5.41 Å². The average molecular weight is 204 g/mol. The minimum absolute atomic E-state index is 0.143. The van der Waals surface area contributed by atoms with Crippen molar-refractivity contribution in [3.05, 3.63) is 0 Å². The van der Waals surface area contributed by atoms with Gasteiger partial charge in [-0.15, -0.1) is 23.5 Å². The number of ketones is 1. The van der Waals surface area contributed by atoms with Crippen LogP contribution in [0.2, 0.25) is 0 Å². The molecule has 1 heterocycles. The molecule has 0 spiro atoms. The fourth-order valence-corrected chi connectivity index (χ4v) is 4.43. The van der Waals surface area contributed by atoms with Gasteiger partial charge in [-0.05, 0) is 24.9 Å². The van der Waals surface area contributed by atoms with Crippen LogP contribution < -0.4 is 0 Å². The maximum Gasteiger partial charge on any atom is 0.137 e. The highest BCUT2D eigenvalue weighted by Gasteiger charge is 2.35. The van der Waals surface area contributed by atoms with Crippen LogP contribution in [0.5, 0.6) is 0 Å². The van der Waals surface area contributed by atoms with E-state index in [2.05, 4.69) is 13.8 Å². The van der Waals surface area contributed by atoms with E-state index in [9.17, 15) is 4.79 Å². The molecule has 0 saturated carbocycles. The van der Waals surface area contributed by atoms with Crippen LogP contribution in [0, 0.1) is 5.41 Å². The zero-order valence-electron chi connectivity index (χ0n) is 7.92. The Morgan fingerprint density at radius 1 is 1.33 bits per heavy atom. The van der Waals surface area contributed by atoms with Gasteiger partial charge < -0.3 is 0 Å². The number of carbonyl (C=O) groups excluding carboxylic acids is 1. The van der Waals surface area contributed by atoms with Crippen molar-refractivity contribution >= 4 is 29.3 Å². The second-order valence-corrected chi connectivity index (χ2v) is 6.43. The van der Waals surface area contributed by atoms with E-state index in [0.717, 1.165) is 0 Å². The average Bonchev–Trinajstić information content (AvgIpc) is 2.06. The molecule has 0 amide bonds. The standard InChI is InChI=1S/C9H16OS2/c1-7(10)9(2,3)8-11-5-4-6-12-8/h8H,4-6H2,1-3H3. The van der Waals surface area contributed by atoms with Crippen molar-refractivity contribution in [2.75, 3.05) is 11.5 Å². The van der Waals surface area contributed by atoms with Gasteiger partial charge in [-0.1, -0.05) is 13.8 Å². The predicted octanol–water partition coefficient (Wildman–Crippen LogP) is 2.80. The third kappa shape index (κ3) is 2.19. The maximum absolute atomic E-state index is 11.3. The van der Waals surface area contributed by atoms with Gasteiger partial charge in [0.25, 0.3) is 0 Å². The van der Waals surface area contributed by atoms with Gasteiger partial charge in [0.15, 0.2) is 0 Å². The van der Waals surface area contributed by atoms with E-state index in [1.165, 1.54) is 17.9 Å². The van der Waals surface area contributed by atoms with Crippen LogP contribution >= 0.6 is 23.5 Å². The monoisotopic (exact) mass is 204 g/mol. The summed E-state index contributed by atoms with van der Waals surface area (Å²) >= 11 is 3.88. The maximum atomic E-state index is 11.3. The summed E-state index contributed by atoms with van der Waals surface area (Å²) in [5.74, 6) is 2.75. The van der Waals surface area contributed by atoms with Crippen LogP contribution in [-0.4, -0.2) is 21.9 Å². The van der Waals surface area contributed by atoms with Gasteiger partial charge in [-0.3, -0.25) is 4.79 Å². The molecule has 1 aliphatic rings. The first-order chi connectivity index (χ1) is 5.55. The Kier molecular flexibility index (Phi) is 3.53. The summed E-state index contributed by atoms with van der Waals surface area (Å²) < 4.78 is 0.476. The first-order valence-electron chi connectivity index (χ1n) is 4.29. The van der Waals surface area contributed by atoms with Crippen LogP contribution in [0.1, 0.15) is 27.2 Å². The van der Waals surface area contributed by atoms with Crippen molar-refractivity contribution in [2.24, 2.45) is 5.41 Å². The molecule has 0 atom stereocenters. The van der Waals surface area contributed by atoms with Gasteiger partial charge in [0, 0.05) is 5.41 Å². The molecule has 0 N–H and O–H groups in total. The molecule has 1 fully saturated rings. The number of rotatable bonds is 2. The molecule has 0 aromatic carbocycles. The van der Waals surface area contributed by atoms with Crippen molar-refractivity contribution in [1.29, 1.82) is 0 Å². The molecule has 1 nitrogen and oxygen atoms in total. The Balaban J connectivity index is 2.59. The lowest BCUT2D eigenvalue weighted by Gasteiger charge is -2.33. The molecule has 0 aromatic rings. The Bertz CT molecular complexity index is 171. The molecule has 0 radical (unpaired) electrons. The minimum Gasteiger partial charge on any atom is -0.299 e. The van der Waals surface area contributed by atoms with Gasteiger partial charge in [-0.25, -0.2) is 0 Å². The Labute approximate surface area is 83.1 Å². The number of Topliss-reactive ketones (excluding diaryl/α,β-unsaturated/α-hetero) is 1. The summed E-state index contributed by atoms with van der Waals surface area (Å²) in [5.41, 5.74) is -0.143. The molecule has 0 aromatic heterocycles. The second kappa shape index (κ2) is 4.05. The van der Waals surface area contributed by atoms with E-state index in [1.807, 2.05) is 23.5 Å². The fourth-order valence-electron chi connectivity index (χ4n) is 1.07. The first kappa shape index (κ1) is 10.5. The highest BCUT2D eigenvalue weighted by atomic mass is 32.2. The molecule has 70 valence electrons. The second-order valence-electron chi connectivity index (χ2n) is 3.70. The fraction of sp³-hybridized carbons (Fsp3) is 0.889. The van der Waals surface area contributed by atoms with E-state index in [4.69, 9.17) is 0 Å². The topological polar surface area (TPSA) is 17.1 Å². The van der Waals surface area contributed by atoms with Crippen LogP contribution in [0.4, 0.5) is 0 Å². The predicted molar refractivity (Wildman–Crippen MR) is 57.8 cm³/mol. The molecule has 0 unspecified atom stereocenters. The van der Waals surface area contributed by atoms with Crippen LogP contribution in [0.15, 0.2) is 0 Å². The third-order valence-corrected chi connectivity index (χ3v) is 5.97. The Morgan fingerprint density at radius 2 is 1.83 bits per heavy atom. The number of hydrogen-bond donors (Lipinski definition) is 0. The van der Waals surface area contributed by atoms with E-state index in [0.29, 0.717) is 10.4 Å². The van der Waals surface area contributed by atoms with Gasteiger partial charge in [-0.2, -0.15) is 0 Å². The van der Waals surface area contributed by atoms with Gasteiger partial charge in [0.05, 0.1) is 4.58 Å². The van der Waals surface area contributed by atoms with Crippen molar-refractivity contribution < 1.29 is 4.79 Å². The first-order valence-corrected chi connectivity index (χ1v) is 6.39. The largest absolute Gasteiger partial charge is 0.299 e. The summed E-state index contributed by atoms with van der Waals surface area (Å²) in [4.78, 5) is 11.3. The normalized spacial score (nSPS) is 20.9. The lowest BCUT2D eigenvalue weighted by atomic mass is 9.91. The molecule has 3 heteroatoms. The summed E-state index contributed by atoms with van der Waals surface area (Å²) in [7, 11) is 0. The molecular formula is C9H16OS2. The Hall–Kier alpha value is 0.370. The summed E-state index contributed by atoms with van der Waals surface area (Å²) in [6.45, 7) is 5.83. The zero-order chi connectivity index (χ0) is 9.19. The summed E-state index contributed by atoms with van der Waals surface area (Å²) in [6.07, 6.45) is 1.29. The summed E-state index contributed by atoms with van der Waals surface area (Å²) in [6, 6.07) is 0. The van der Waals surface area contributed by atoms with Crippen molar-refractivity contribution in [3.63, 3.8) is 0 Å². The minimum atomic E-state index is -0.143. The van der Waals surface area contributed by atoms with Crippen molar-refractivity contribution in [1.82, 2.24) is 0 Å². The van der Waals surface area contributed by atoms with E-state index < -0.39 is 0 Å². The lowest BCUT2D eigenvalue weighted by Crippen LogP contribution is -2.33. The molecule has 1 aliphatic heterocycles. The van der Waals surface area contributed by atoms with Crippen molar-refractivity contribution in [3.8, 4) is 0 Å².